The van der Waals surface area contributed by atoms with Gasteiger partial charge in [0, 0.05) is 35.3 Å². The zero-order valence-electron chi connectivity index (χ0n) is 11.6. The maximum absolute atomic E-state index is 12.6. The molecule has 2 aromatic heterocycles. The number of rotatable bonds is 3. The molecule has 5 heteroatoms. The predicted molar refractivity (Wildman–Crippen MR) is 87.4 cm³/mol. The summed E-state index contributed by atoms with van der Waals surface area (Å²) in [6.07, 6.45) is 3.89. The Balaban J connectivity index is 2.05. The van der Waals surface area contributed by atoms with Crippen LogP contribution in [0.3, 0.4) is 0 Å². The Labute approximate surface area is 131 Å². The zero-order chi connectivity index (χ0) is 15.0. The van der Waals surface area contributed by atoms with E-state index in [1.165, 1.54) is 11.8 Å². The van der Waals surface area contributed by atoms with Crippen LogP contribution in [0.15, 0.2) is 47.6 Å². The van der Waals surface area contributed by atoms with Crippen molar-refractivity contribution in [2.45, 2.75) is 5.03 Å². The van der Waals surface area contributed by atoms with Gasteiger partial charge >= 0.3 is 0 Å². The first-order valence-electron chi connectivity index (χ1n) is 6.40. The molecular formula is C16H13ClN2OS. The van der Waals surface area contributed by atoms with Crippen molar-refractivity contribution < 1.29 is 4.79 Å². The monoisotopic (exact) mass is 316 g/mol. The number of benzene rings is 1. The van der Waals surface area contributed by atoms with E-state index in [9.17, 15) is 4.79 Å². The predicted octanol–water partition coefficient (Wildman–Crippen LogP) is 4.18. The van der Waals surface area contributed by atoms with Gasteiger partial charge in [-0.3, -0.25) is 4.79 Å². The molecule has 0 aliphatic heterocycles. The van der Waals surface area contributed by atoms with E-state index in [0.29, 0.717) is 16.3 Å². The molecule has 0 fully saturated rings. The fourth-order valence-electron chi connectivity index (χ4n) is 2.30. The number of aromatic nitrogens is 2. The SMILES string of the molecule is CSc1cc(C(=O)c2ccc3c(ccn3C)c2)cc(Cl)n1. The average molecular weight is 317 g/mol. The van der Waals surface area contributed by atoms with Gasteiger partial charge in [0.15, 0.2) is 5.78 Å². The van der Waals surface area contributed by atoms with Gasteiger partial charge in [0.25, 0.3) is 0 Å². The molecule has 0 saturated carbocycles. The van der Waals surface area contributed by atoms with Gasteiger partial charge in [-0.15, -0.1) is 11.8 Å². The quantitative estimate of drug-likeness (QED) is 0.413. The Morgan fingerprint density at radius 1 is 1.19 bits per heavy atom. The lowest BCUT2D eigenvalue weighted by molar-refractivity contribution is 0.103. The molecule has 2 heterocycles. The van der Waals surface area contributed by atoms with Gasteiger partial charge < -0.3 is 4.57 Å². The van der Waals surface area contributed by atoms with Crippen LogP contribution in [0.5, 0.6) is 0 Å². The van der Waals surface area contributed by atoms with Gasteiger partial charge in [0.1, 0.15) is 5.15 Å². The normalized spacial score (nSPS) is 11.0. The number of carbonyl (C=O) groups is 1. The van der Waals surface area contributed by atoms with Gasteiger partial charge in [0.05, 0.1) is 5.03 Å². The third-order valence-electron chi connectivity index (χ3n) is 3.39. The van der Waals surface area contributed by atoms with E-state index in [-0.39, 0.29) is 5.78 Å². The molecule has 0 spiro atoms. The number of nitrogens with zero attached hydrogens (tertiary/aromatic N) is 2. The summed E-state index contributed by atoms with van der Waals surface area (Å²) in [5.74, 6) is -0.0413. The second-order valence-electron chi connectivity index (χ2n) is 4.75. The highest BCUT2D eigenvalue weighted by Gasteiger charge is 2.13. The average Bonchev–Trinajstić information content (AvgIpc) is 2.86. The molecule has 3 nitrogen and oxygen atoms in total. The zero-order valence-corrected chi connectivity index (χ0v) is 13.2. The van der Waals surface area contributed by atoms with Crippen molar-refractivity contribution in [1.29, 1.82) is 0 Å². The Morgan fingerprint density at radius 3 is 2.76 bits per heavy atom. The molecule has 0 saturated heterocycles. The molecule has 0 aliphatic rings. The van der Waals surface area contributed by atoms with E-state index in [0.717, 1.165) is 15.9 Å². The highest BCUT2D eigenvalue weighted by molar-refractivity contribution is 7.98. The number of aryl methyl sites for hydroxylation is 1. The minimum absolute atomic E-state index is 0.0413. The van der Waals surface area contributed by atoms with Gasteiger partial charge in [0.2, 0.25) is 0 Å². The first kappa shape index (κ1) is 14.2. The van der Waals surface area contributed by atoms with Gasteiger partial charge in [-0.1, -0.05) is 11.6 Å². The number of halogens is 1. The summed E-state index contributed by atoms with van der Waals surface area (Å²) in [7, 11) is 1.98. The molecule has 0 radical (unpaired) electrons. The molecule has 0 unspecified atom stereocenters. The Kier molecular flexibility index (Phi) is 3.74. The summed E-state index contributed by atoms with van der Waals surface area (Å²) in [5.41, 5.74) is 2.32. The number of carbonyl (C=O) groups excluding carboxylic acids is 1. The van der Waals surface area contributed by atoms with E-state index in [1.807, 2.05) is 48.3 Å². The Morgan fingerprint density at radius 2 is 2.00 bits per heavy atom. The fraction of sp³-hybridized carbons (Fsp3) is 0.125. The molecule has 3 aromatic rings. The first-order valence-corrected chi connectivity index (χ1v) is 8.00. The fourth-order valence-corrected chi connectivity index (χ4v) is 2.99. The summed E-state index contributed by atoms with van der Waals surface area (Å²) in [6.45, 7) is 0. The maximum Gasteiger partial charge on any atom is 0.193 e. The van der Waals surface area contributed by atoms with Crippen LogP contribution in [0.25, 0.3) is 10.9 Å². The summed E-state index contributed by atoms with van der Waals surface area (Å²) >= 11 is 7.44. The summed E-state index contributed by atoms with van der Waals surface area (Å²) in [4.78, 5) is 16.8. The molecule has 0 aliphatic carbocycles. The van der Waals surface area contributed by atoms with Crippen molar-refractivity contribution in [1.82, 2.24) is 9.55 Å². The molecule has 3 rings (SSSR count). The van der Waals surface area contributed by atoms with Crippen molar-refractivity contribution in [3.05, 3.63) is 58.9 Å². The third-order valence-corrected chi connectivity index (χ3v) is 4.21. The largest absolute Gasteiger partial charge is 0.351 e. The number of ketones is 1. The van der Waals surface area contributed by atoms with Crippen molar-refractivity contribution >= 4 is 40.0 Å². The van der Waals surface area contributed by atoms with Gasteiger partial charge in [-0.25, -0.2) is 4.98 Å². The van der Waals surface area contributed by atoms with Crippen LogP contribution in [0, 0.1) is 0 Å². The Hall–Kier alpha value is -1.78. The summed E-state index contributed by atoms with van der Waals surface area (Å²) in [5, 5.41) is 2.13. The third kappa shape index (κ3) is 2.69. The smallest absolute Gasteiger partial charge is 0.193 e. The van der Waals surface area contributed by atoms with Crippen molar-refractivity contribution in [2.24, 2.45) is 7.05 Å². The Bertz CT molecular complexity index is 841. The lowest BCUT2D eigenvalue weighted by Crippen LogP contribution is -2.02. The minimum atomic E-state index is -0.0413. The summed E-state index contributed by atoms with van der Waals surface area (Å²) in [6, 6.07) is 11.1. The molecular weight excluding hydrogens is 304 g/mol. The van der Waals surface area contributed by atoms with E-state index in [2.05, 4.69) is 4.98 Å². The molecule has 0 amide bonds. The second kappa shape index (κ2) is 5.54. The van der Waals surface area contributed by atoms with E-state index >= 15 is 0 Å². The molecule has 106 valence electrons. The van der Waals surface area contributed by atoms with Crippen LogP contribution >= 0.6 is 23.4 Å². The minimum Gasteiger partial charge on any atom is -0.351 e. The second-order valence-corrected chi connectivity index (χ2v) is 5.96. The molecule has 0 bridgehead atoms. The highest BCUT2D eigenvalue weighted by Crippen LogP contribution is 2.22. The lowest BCUT2D eigenvalue weighted by atomic mass is 10.0. The van der Waals surface area contributed by atoms with Crippen molar-refractivity contribution in [3.8, 4) is 0 Å². The standard InChI is InChI=1S/C16H13ClN2OS/c1-19-6-5-10-7-11(3-4-13(10)19)16(20)12-8-14(17)18-15(9-12)21-2/h3-9H,1-2H3. The summed E-state index contributed by atoms with van der Waals surface area (Å²) < 4.78 is 2.03. The lowest BCUT2D eigenvalue weighted by Gasteiger charge is -2.05. The van der Waals surface area contributed by atoms with Crippen LogP contribution in [0.2, 0.25) is 5.15 Å². The van der Waals surface area contributed by atoms with Crippen LogP contribution in [0.1, 0.15) is 15.9 Å². The van der Waals surface area contributed by atoms with E-state index < -0.39 is 0 Å². The molecule has 21 heavy (non-hydrogen) atoms. The number of fused-ring (bicyclic) bond motifs is 1. The van der Waals surface area contributed by atoms with Gasteiger partial charge in [-0.05, 0) is 42.7 Å². The number of hydrogen-bond acceptors (Lipinski definition) is 3. The van der Waals surface area contributed by atoms with Crippen LogP contribution < -0.4 is 0 Å². The highest BCUT2D eigenvalue weighted by atomic mass is 35.5. The number of pyridine rings is 1. The first-order chi connectivity index (χ1) is 10.1. The van der Waals surface area contributed by atoms with Crippen LogP contribution in [-0.4, -0.2) is 21.6 Å². The topological polar surface area (TPSA) is 34.9 Å². The van der Waals surface area contributed by atoms with Crippen molar-refractivity contribution in [3.63, 3.8) is 0 Å². The van der Waals surface area contributed by atoms with Crippen LogP contribution in [0.4, 0.5) is 0 Å². The molecule has 0 atom stereocenters. The van der Waals surface area contributed by atoms with E-state index in [4.69, 9.17) is 11.6 Å². The van der Waals surface area contributed by atoms with E-state index in [1.54, 1.807) is 12.1 Å². The molecule has 1 aromatic carbocycles. The van der Waals surface area contributed by atoms with Gasteiger partial charge in [-0.2, -0.15) is 0 Å². The van der Waals surface area contributed by atoms with Crippen molar-refractivity contribution in [2.75, 3.05) is 6.26 Å². The van der Waals surface area contributed by atoms with Crippen LogP contribution in [-0.2, 0) is 7.05 Å². The molecule has 0 N–H and O–H groups in total. The number of thioether (sulfide) groups is 1. The number of hydrogen-bond donors (Lipinski definition) is 0. The maximum atomic E-state index is 12.6.